The van der Waals surface area contributed by atoms with E-state index < -0.39 is 14.9 Å². The van der Waals surface area contributed by atoms with Crippen molar-refractivity contribution in [1.29, 1.82) is 0 Å². The van der Waals surface area contributed by atoms with Crippen LogP contribution in [0.25, 0.3) is 0 Å². The van der Waals surface area contributed by atoms with Gasteiger partial charge in [-0.3, -0.25) is 14.4 Å². The van der Waals surface area contributed by atoms with E-state index in [1.807, 2.05) is 19.9 Å². The number of nitrogens with zero attached hydrogens (tertiary/aromatic N) is 2. The minimum atomic E-state index is -3.76. The highest BCUT2D eigenvalue weighted by Gasteiger charge is 2.25. The number of non-ortho nitro benzene ring substituents is 1. The highest BCUT2D eigenvalue weighted by Crippen LogP contribution is 2.26. The molecule has 0 heterocycles. The van der Waals surface area contributed by atoms with Gasteiger partial charge in [0.05, 0.1) is 15.5 Å². The lowest BCUT2D eigenvalue weighted by Gasteiger charge is -2.24. The van der Waals surface area contributed by atoms with E-state index in [9.17, 15) is 18.5 Å². The summed E-state index contributed by atoms with van der Waals surface area (Å²) in [4.78, 5) is 10.2. The van der Waals surface area contributed by atoms with Gasteiger partial charge in [-0.2, -0.15) is 0 Å². The van der Waals surface area contributed by atoms with Crippen LogP contribution in [0.5, 0.6) is 0 Å². The largest absolute Gasteiger partial charge is 0.269 e. The fourth-order valence-corrected chi connectivity index (χ4v) is 3.79. The molecule has 0 aliphatic rings. The van der Waals surface area contributed by atoms with Gasteiger partial charge in [-0.25, -0.2) is 8.42 Å². The van der Waals surface area contributed by atoms with Crippen LogP contribution in [0, 0.1) is 17.0 Å². The number of sulfonamides is 1. The van der Waals surface area contributed by atoms with Crippen molar-refractivity contribution in [2.45, 2.75) is 25.2 Å². The van der Waals surface area contributed by atoms with E-state index in [1.54, 1.807) is 18.2 Å². The summed E-state index contributed by atoms with van der Waals surface area (Å²) in [6.45, 7) is 4.13. The van der Waals surface area contributed by atoms with Gasteiger partial charge < -0.3 is 0 Å². The molecule has 0 N–H and O–H groups in total. The molecule has 23 heavy (non-hydrogen) atoms. The topological polar surface area (TPSA) is 80.5 Å². The molecule has 2 aromatic rings. The Hall–Kier alpha value is -2.41. The maximum absolute atomic E-state index is 12.9. The summed E-state index contributed by atoms with van der Waals surface area (Å²) < 4.78 is 27.1. The Bertz CT molecular complexity index is 801. The van der Waals surface area contributed by atoms with Gasteiger partial charge in [0, 0.05) is 18.7 Å². The number of hydrogen-bond acceptors (Lipinski definition) is 4. The van der Waals surface area contributed by atoms with E-state index in [-0.39, 0.29) is 10.6 Å². The lowest BCUT2D eigenvalue weighted by molar-refractivity contribution is -0.384. The van der Waals surface area contributed by atoms with Gasteiger partial charge in [0.15, 0.2) is 0 Å². The lowest BCUT2D eigenvalue weighted by atomic mass is 10.2. The molecular formula is C16H18N2O4S. The van der Waals surface area contributed by atoms with Crippen molar-refractivity contribution in [3.05, 3.63) is 64.2 Å². The predicted molar refractivity (Wildman–Crippen MR) is 89.1 cm³/mol. The van der Waals surface area contributed by atoms with Gasteiger partial charge in [0.1, 0.15) is 0 Å². The quantitative estimate of drug-likeness (QED) is 0.598. The second kappa shape index (κ2) is 6.78. The second-order valence-corrected chi connectivity index (χ2v) is 7.03. The molecular weight excluding hydrogens is 316 g/mol. The maximum atomic E-state index is 12.9. The first-order chi connectivity index (χ1) is 10.9. The lowest BCUT2D eigenvalue weighted by Crippen LogP contribution is -2.31. The smallest absolute Gasteiger partial charge is 0.266 e. The van der Waals surface area contributed by atoms with Crippen molar-refractivity contribution in [3.63, 3.8) is 0 Å². The maximum Gasteiger partial charge on any atom is 0.269 e. The summed E-state index contributed by atoms with van der Waals surface area (Å²) >= 11 is 0. The molecule has 0 radical (unpaired) electrons. The molecule has 6 nitrogen and oxygen atoms in total. The van der Waals surface area contributed by atoms with Crippen molar-refractivity contribution < 1.29 is 13.3 Å². The third kappa shape index (κ3) is 3.68. The van der Waals surface area contributed by atoms with Gasteiger partial charge in [0.2, 0.25) is 0 Å². The van der Waals surface area contributed by atoms with Gasteiger partial charge in [-0.15, -0.1) is 0 Å². The monoisotopic (exact) mass is 334 g/mol. The van der Waals surface area contributed by atoms with Crippen LogP contribution in [0.15, 0.2) is 53.4 Å². The van der Waals surface area contributed by atoms with E-state index in [0.717, 1.165) is 5.56 Å². The third-order valence-electron chi connectivity index (χ3n) is 3.35. The first kappa shape index (κ1) is 17.0. The molecule has 0 spiro atoms. The molecule has 0 amide bonds. The van der Waals surface area contributed by atoms with Crippen LogP contribution < -0.4 is 4.31 Å². The Morgan fingerprint density at radius 2 is 1.78 bits per heavy atom. The van der Waals surface area contributed by atoms with Crippen molar-refractivity contribution in [3.8, 4) is 0 Å². The van der Waals surface area contributed by atoms with Gasteiger partial charge >= 0.3 is 0 Å². The molecule has 0 saturated carbocycles. The van der Waals surface area contributed by atoms with Gasteiger partial charge in [-0.05, 0) is 43.2 Å². The van der Waals surface area contributed by atoms with E-state index in [2.05, 4.69) is 0 Å². The zero-order valence-corrected chi connectivity index (χ0v) is 13.8. The molecule has 0 fully saturated rings. The summed E-state index contributed by atoms with van der Waals surface area (Å²) in [5.41, 5.74) is 1.41. The van der Waals surface area contributed by atoms with Gasteiger partial charge in [0.25, 0.3) is 15.7 Å². The molecule has 122 valence electrons. The first-order valence-corrected chi connectivity index (χ1v) is 8.64. The highest BCUT2D eigenvalue weighted by molar-refractivity contribution is 7.92. The Morgan fingerprint density at radius 3 is 2.30 bits per heavy atom. The Kier molecular flexibility index (Phi) is 5.00. The molecule has 0 unspecified atom stereocenters. The molecule has 2 aromatic carbocycles. The average Bonchev–Trinajstić information content (AvgIpc) is 2.52. The fourth-order valence-electron chi connectivity index (χ4n) is 2.24. The van der Waals surface area contributed by atoms with Crippen LogP contribution >= 0.6 is 0 Å². The molecule has 0 aliphatic carbocycles. The van der Waals surface area contributed by atoms with Crippen LogP contribution in [0.4, 0.5) is 11.4 Å². The summed E-state index contributed by atoms with van der Waals surface area (Å²) in [7, 11) is -3.76. The number of anilines is 1. The summed E-state index contributed by atoms with van der Waals surface area (Å²) in [5.74, 6) is 0. The molecule has 0 saturated heterocycles. The van der Waals surface area contributed by atoms with E-state index in [0.29, 0.717) is 18.7 Å². The third-order valence-corrected chi connectivity index (χ3v) is 5.19. The first-order valence-electron chi connectivity index (χ1n) is 7.20. The summed E-state index contributed by atoms with van der Waals surface area (Å²) in [6, 6.07) is 12.2. The fraction of sp³-hybridized carbons (Fsp3) is 0.250. The SMILES string of the molecule is CCCN(c1cccc(C)c1)S(=O)(=O)c1ccc([N+](=O)[O-])cc1. The van der Waals surface area contributed by atoms with E-state index in [1.165, 1.54) is 28.6 Å². The summed E-state index contributed by atoms with van der Waals surface area (Å²) in [5, 5.41) is 10.7. The van der Waals surface area contributed by atoms with Crippen LogP contribution in [0.1, 0.15) is 18.9 Å². The normalized spacial score (nSPS) is 11.2. The molecule has 0 atom stereocenters. The van der Waals surface area contributed by atoms with E-state index >= 15 is 0 Å². The number of rotatable bonds is 6. The minimum Gasteiger partial charge on any atom is -0.266 e. The molecule has 2 rings (SSSR count). The Labute approximate surface area is 135 Å². The Balaban J connectivity index is 2.46. The number of nitro benzene ring substituents is 1. The van der Waals surface area contributed by atoms with Crippen LogP contribution in [0.3, 0.4) is 0 Å². The highest BCUT2D eigenvalue weighted by atomic mass is 32.2. The molecule has 7 heteroatoms. The summed E-state index contributed by atoms with van der Waals surface area (Å²) in [6.07, 6.45) is 0.653. The van der Waals surface area contributed by atoms with Crippen LogP contribution in [-0.4, -0.2) is 19.9 Å². The van der Waals surface area contributed by atoms with Crippen LogP contribution in [0.2, 0.25) is 0 Å². The second-order valence-electron chi connectivity index (χ2n) is 5.17. The van der Waals surface area contributed by atoms with Crippen molar-refractivity contribution in [2.75, 3.05) is 10.8 Å². The average molecular weight is 334 g/mol. The zero-order valence-electron chi connectivity index (χ0n) is 13.0. The number of nitro groups is 1. The van der Waals surface area contributed by atoms with Gasteiger partial charge in [-0.1, -0.05) is 19.1 Å². The zero-order chi connectivity index (χ0) is 17.0. The van der Waals surface area contributed by atoms with Crippen LogP contribution in [-0.2, 0) is 10.0 Å². The van der Waals surface area contributed by atoms with Crippen molar-refractivity contribution in [1.82, 2.24) is 0 Å². The van der Waals surface area contributed by atoms with E-state index in [4.69, 9.17) is 0 Å². The van der Waals surface area contributed by atoms with Crippen molar-refractivity contribution in [2.24, 2.45) is 0 Å². The molecule has 0 bridgehead atoms. The number of benzene rings is 2. The molecule has 0 aliphatic heterocycles. The number of aryl methyl sites for hydroxylation is 1. The van der Waals surface area contributed by atoms with Crippen molar-refractivity contribution >= 4 is 21.4 Å². The number of hydrogen-bond donors (Lipinski definition) is 0. The Morgan fingerprint density at radius 1 is 1.13 bits per heavy atom. The molecule has 0 aromatic heterocycles. The standard InChI is InChI=1S/C16H18N2O4S/c1-3-11-17(15-6-4-5-13(2)12-15)23(21,22)16-9-7-14(8-10-16)18(19)20/h4-10,12H,3,11H2,1-2H3. The predicted octanol–water partition coefficient (Wildman–Crippen LogP) is 3.51. The minimum absolute atomic E-state index is 0.0399.